The molecule has 19 heavy (non-hydrogen) atoms. The van der Waals surface area contributed by atoms with E-state index in [0.717, 1.165) is 19.5 Å². The van der Waals surface area contributed by atoms with Crippen molar-refractivity contribution in [3.05, 3.63) is 28.0 Å². The Balaban J connectivity index is 2.21. The van der Waals surface area contributed by atoms with Gasteiger partial charge in [-0.05, 0) is 31.0 Å². The average molecular weight is 306 g/mol. The largest absolute Gasteiger partial charge is 0.485 e. The van der Waals surface area contributed by atoms with E-state index in [4.69, 9.17) is 27.9 Å². The van der Waals surface area contributed by atoms with E-state index in [0.29, 0.717) is 5.92 Å². The van der Waals surface area contributed by atoms with Crippen LogP contribution in [-0.2, 0) is 0 Å². The van der Waals surface area contributed by atoms with Gasteiger partial charge in [-0.3, -0.25) is 0 Å². The van der Waals surface area contributed by atoms with E-state index >= 15 is 0 Å². The van der Waals surface area contributed by atoms with Crippen molar-refractivity contribution in [2.24, 2.45) is 11.8 Å². The first-order chi connectivity index (χ1) is 8.99. The summed E-state index contributed by atoms with van der Waals surface area (Å²) in [7, 11) is 0. The summed E-state index contributed by atoms with van der Waals surface area (Å²) in [6.45, 7) is 6.03. The van der Waals surface area contributed by atoms with E-state index in [-0.39, 0.29) is 27.8 Å². The average Bonchev–Trinajstić information content (AvgIpc) is 2.80. The summed E-state index contributed by atoms with van der Waals surface area (Å²) in [4.78, 5) is 0. The Morgan fingerprint density at radius 3 is 2.63 bits per heavy atom. The molecule has 0 bridgehead atoms. The Hall–Kier alpha value is -0.510. The molecular weight excluding hydrogens is 288 g/mol. The molecule has 0 unspecified atom stereocenters. The van der Waals surface area contributed by atoms with Gasteiger partial charge in [0.2, 0.25) is 0 Å². The first-order valence-corrected chi connectivity index (χ1v) is 7.26. The van der Waals surface area contributed by atoms with Crippen LogP contribution in [0.25, 0.3) is 0 Å². The number of rotatable bonds is 4. The van der Waals surface area contributed by atoms with Crippen LogP contribution in [-0.4, -0.2) is 19.2 Å². The molecule has 1 aromatic rings. The third-order valence-corrected chi connectivity index (χ3v) is 3.94. The first kappa shape index (κ1) is 14.9. The topological polar surface area (TPSA) is 21.3 Å². The number of hydrogen-bond donors (Lipinski definition) is 1. The number of hydrogen-bond acceptors (Lipinski definition) is 2. The second-order valence-corrected chi connectivity index (χ2v) is 6.12. The summed E-state index contributed by atoms with van der Waals surface area (Å²) < 4.78 is 19.8. The van der Waals surface area contributed by atoms with Crippen LogP contribution < -0.4 is 10.1 Å². The molecule has 0 spiro atoms. The minimum Gasteiger partial charge on any atom is -0.485 e. The summed E-state index contributed by atoms with van der Waals surface area (Å²) in [6.07, 6.45) is 0.985. The molecule has 0 saturated carbocycles. The zero-order valence-electron chi connectivity index (χ0n) is 11.1. The smallest absolute Gasteiger partial charge is 0.174 e. The van der Waals surface area contributed by atoms with Crippen molar-refractivity contribution in [1.29, 1.82) is 0 Å². The summed E-state index contributed by atoms with van der Waals surface area (Å²) in [5.74, 6) is 0.271. The lowest BCUT2D eigenvalue weighted by atomic mass is 9.92. The number of ether oxygens (including phenoxy) is 1. The maximum Gasteiger partial charge on any atom is 0.174 e. The van der Waals surface area contributed by atoms with E-state index in [1.165, 1.54) is 12.1 Å². The van der Waals surface area contributed by atoms with E-state index < -0.39 is 5.82 Å². The lowest BCUT2D eigenvalue weighted by Crippen LogP contribution is -2.33. The predicted octanol–water partition coefficient (Wildman–Crippen LogP) is 4.15. The molecule has 1 fully saturated rings. The van der Waals surface area contributed by atoms with Crippen LogP contribution in [0.1, 0.15) is 20.3 Å². The van der Waals surface area contributed by atoms with Crippen LogP contribution in [0.3, 0.4) is 0 Å². The van der Waals surface area contributed by atoms with Gasteiger partial charge in [-0.25, -0.2) is 4.39 Å². The van der Waals surface area contributed by atoms with E-state index in [2.05, 4.69) is 19.2 Å². The molecule has 106 valence electrons. The molecule has 2 atom stereocenters. The molecule has 0 amide bonds. The normalized spacial score (nSPS) is 20.8. The highest BCUT2D eigenvalue weighted by atomic mass is 35.5. The standard InChI is InChI=1S/C14H18Cl2FNO/c1-8(2)13(9-3-4-18-7-9)19-14-11(16)5-10(15)6-12(14)17/h5-6,8-9,13,18H,3-4,7H2,1-2H3/t9-,13+/m0/s1. The zero-order chi connectivity index (χ0) is 14.0. The van der Waals surface area contributed by atoms with Gasteiger partial charge in [0.05, 0.1) is 5.02 Å². The van der Waals surface area contributed by atoms with Gasteiger partial charge in [0.25, 0.3) is 0 Å². The number of halogens is 3. The summed E-state index contributed by atoms with van der Waals surface area (Å²) >= 11 is 11.8. The maximum atomic E-state index is 13.9. The van der Waals surface area contributed by atoms with Gasteiger partial charge in [0.15, 0.2) is 11.6 Å². The highest BCUT2D eigenvalue weighted by molar-refractivity contribution is 6.35. The van der Waals surface area contributed by atoms with Crippen molar-refractivity contribution in [1.82, 2.24) is 5.32 Å². The fourth-order valence-corrected chi connectivity index (χ4v) is 3.02. The fraction of sp³-hybridized carbons (Fsp3) is 0.571. The molecule has 1 aliphatic rings. The SMILES string of the molecule is CC(C)[C@@H](Oc1c(F)cc(Cl)cc1Cl)[C@H]1CCNC1. The fourth-order valence-electron chi connectivity index (χ4n) is 2.51. The van der Waals surface area contributed by atoms with Crippen LogP contribution in [0.15, 0.2) is 12.1 Å². The number of nitrogens with one attached hydrogen (secondary N) is 1. The van der Waals surface area contributed by atoms with Crippen LogP contribution in [0.5, 0.6) is 5.75 Å². The summed E-state index contributed by atoms with van der Waals surface area (Å²) in [5.41, 5.74) is 0. The second kappa shape index (κ2) is 6.29. The van der Waals surface area contributed by atoms with Gasteiger partial charge < -0.3 is 10.1 Å². The highest BCUT2D eigenvalue weighted by Gasteiger charge is 2.30. The highest BCUT2D eigenvalue weighted by Crippen LogP contribution is 2.34. The van der Waals surface area contributed by atoms with Crippen molar-refractivity contribution < 1.29 is 9.13 Å². The van der Waals surface area contributed by atoms with E-state index in [9.17, 15) is 4.39 Å². The van der Waals surface area contributed by atoms with Crippen molar-refractivity contribution in [3.8, 4) is 5.75 Å². The van der Waals surface area contributed by atoms with Gasteiger partial charge in [0, 0.05) is 17.5 Å². The molecule has 0 radical (unpaired) electrons. The van der Waals surface area contributed by atoms with E-state index in [1.807, 2.05) is 0 Å². The van der Waals surface area contributed by atoms with Gasteiger partial charge in [-0.1, -0.05) is 37.0 Å². The Kier molecular flexibility index (Phi) is 4.93. The summed E-state index contributed by atoms with van der Waals surface area (Å²) in [5, 5.41) is 3.80. The Labute approximate surface area is 123 Å². The van der Waals surface area contributed by atoms with Gasteiger partial charge >= 0.3 is 0 Å². The third-order valence-electron chi connectivity index (χ3n) is 3.44. The Morgan fingerprint density at radius 1 is 1.37 bits per heavy atom. The second-order valence-electron chi connectivity index (χ2n) is 5.28. The number of benzene rings is 1. The molecule has 0 aromatic heterocycles. The van der Waals surface area contributed by atoms with Crippen LogP contribution >= 0.6 is 23.2 Å². The quantitative estimate of drug-likeness (QED) is 0.902. The van der Waals surface area contributed by atoms with Gasteiger partial charge in [0.1, 0.15) is 6.10 Å². The Morgan fingerprint density at radius 2 is 2.11 bits per heavy atom. The van der Waals surface area contributed by atoms with Crippen molar-refractivity contribution in [2.45, 2.75) is 26.4 Å². The molecule has 1 heterocycles. The summed E-state index contributed by atoms with van der Waals surface area (Å²) in [6, 6.07) is 2.73. The van der Waals surface area contributed by atoms with Crippen molar-refractivity contribution in [2.75, 3.05) is 13.1 Å². The first-order valence-electron chi connectivity index (χ1n) is 6.51. The lowest BCUT2D eigenvalue weighted by molar-refractivity contribution is 0.0929. The molecule has 1 aliphatic heterocycles. The minimum atomic E-state index is -0.505. The monoisotopic (exact) mass is 305 g/mol. The Bertz CT molecular complexity index is 424. The molecule has 1 N–H and O–H groups in total. The van der Waals surface area contributed by atoms with Gasteiger partial charge in [-0.15, -0.1) is 0 Å². The van der Waals surface area contributed by atoms with Gasteiger partial charge in [-0.2, -0.15) is 0 Å². The van der Waals surface area contributed by atoms with Crippen molar-refractivity contribution in [3.63, 3.8) is 0 Å². The third kappa shape index (κ3) is 3.53. The molecule has 0 aliphatic carbocycles. The minimum absolute atomic E-state index is 0.0526. The molecule has 2 rings (SSSR count). The molecule has 1 aromatic carbocycles. The predicted molar refractivity (Wildman–Crippen MR) is 76.7 cm³/mol. The maximum absolute atomic E-state index is 13.9. The molecule has 2 nitrogen and oxygen atoms in total. The molecule has 5 heteroatoms. The molecule has 1 saturated heterocycles. The molecular formula is C14H18Cl2FNO. The van der Waals surface area contributed by atoms with E-state index in [1.54, 1.807) is 0 Å². The zero-order valence-corrected chi connectivity index (χ0v) is 12.6. The van der Waals surface area contributed by atoms with Crippen LogP contribution in [0.4, 0.5) is 4.39 Å². The van der Waals surface area contributed by atoms with Crippen LogP contribution in [0.2, 0.25) is 10.0 Å². The van der Waals surface area contributed by atoms with Crippen molar-refractivity contribution >= 4 is 23.2 Å². The lowest BCUT2D eigenvalue weighted by Gasteiger charge is -2.28. The van der Waals surface area contributed by atoms with Crippen LogP contribution in [0, 0.1) is 17.7 Å².